The fraction of sp³-hybridized carbons (Fsp3) is 0.611. The second-order valence-corrected chi connectivity index (χ2v) is 10.2. The first-order valence-electron chi connectivity index (χ1n) is 8.22. The van der Waals surface area contributed by atoms with E-state index >= 15 is 0 Å². The molecule has 0 atom stereocenters. The molecule has 23 heavy (non-hydrogen) atoms. The quantitative estimate of drug-likeness (QED) is 0.466. The zero-order valence-electron chi connectivity index (χ0n) is 16.2. The molecular formula is C18H35N3SiZr+. The van der Waals surface area contributed by atoms with Gasteiger partial charge in [-0.15, -0.1) is 6.58 Å². The van der Waals surface area contributed by atoms with E-state index in [4.69, 9.17) is 0 Å². The third-order valence-electron chi connectivity index (χ3n) is 2.36. The number of nitrogens with zero attached hydrogens (tertiary/aromatic N) is 3. The summed E-state index contributed by atoms with van der Waals surface area (Å²) in [6.07, 6.45) is 8.12. The molecule has 0 aromatic carbocycles. The summed E-state index contributed by atoms with van der Waals surface area (Å²) in [6, 6.07) is 0. The van der Waals surface area contributed by atoms with Crippen molar-refractivity contribution in [1.82, 2.24) is 0 Å². The van der Waals surface area contributed by atoms with E-state index in [2.05, 4.69) is 41.8 Å². The summed E-state index contributed by atoms with van der Waals surface area (Å²) in [5.74, 6) is 1.15. The molecule has 0 spiro atoms. The molecule has 1 rings (SSSR count). The van der Waals surface area contributed by atoms with E-state index in [9.17, 15) is 0 Å². The fourth-order valence-corrected chi connectivity index (χ4v) is 2.42. The first kappa shape index (κ1) is 28.4. The van der Waals surface area contributed by atoms with Gasteiger partial charge in [0, 0.05) is 0 Å². The van der Waals surface area contributed by atoms with Crippen molar-refractivity contribution in [3.8, 4) is 0 Å². The van der Waals surface area contributed by atoms with E-state index in [0.717, 1.165) is 37.8 Å². The number of allylic oxidation sites excluding steroid dienone is 1. The van der Waals surface area contributed by atoms with Crippen LogP contribution in [0.5, 0.6) is 0 Å². The number of hydrogen-bond acceptors (Lipinski definition) is 0. The smallest absolute Gasteiger partial charge is 0.691 e. The van der Waals surface area contributed by atoms with Crippen molar-refractivity contribution >= 4 is 8.24 Å². The maximum atomic E-state index is 4.60. The van der Waals surface area contributed by atoms with Crippen molar-refractivity contribution in [3.05, 3.63) is 59.5 Å². The number of hydrogen-bond donors (Lipinski definition) is 0. The number of rotatable bonds is 7. The van der Waals surface area contributed by atoms with Crippen LogP contribution in [0.25, 0.3) is 15.6 Å². The fourth-order valence-electron chi connectivity index (χ4n) is 1.48. The summed E-state index contributed by atoms with van der Waals surface area (Å²) < 4.78 is 0. The maximum absolute atomic E-state index is 4.60. The van der Waals surface area contributed by atoms with Gasteiger partial charge in [-0.05, 0) is 39.8 Å². The molecule has 0 heterocycles. The van der Waals surface area contributed by atoms with Gasteiger partial charge in [-0.2, -0.15) is 31.9 Å². The van der Waals surface area contributed by atoms with E-state index in [1.54, 1.807) is 0 Å². The van der Waals surface area contributed by atoms with Crippen LogP contribution in [0.15, 0.2) is 12.3 Å². The molecule has 3 nitrogen and oxygen atoms in total. The summed E-state index contributed by atoms with van der Waals surface area (Å²) in [5, 5.41) is 7.94. The molecule has 1 fully saturated rings. The van der Waals surface area contributed by atoms with Gasteiger partial charge in [0.25, 0.3) is 0 Å². The van der Waals surface area contributed by atoms with Crippen molar-refractivity contribution in [3.63, 3.8) is 0 Å². The molecule has 0 aromatic heterocycles. The predicted octanol–water partition coefficient (Wildman–Crippen LogP) is 5.91. The van der Waals surface area contributed by atoms with Gasteiger partial charge < -0.3 is 15.6 Å². The SMILES string of the molecule is C=C([N-][Si](C)(C)C)[C]1[CH][CH][CH][CH]1.CC[N-]CC.CC[N-]CC.[Zr+4]. The normalized spacial score (nSPS) is 13.9. The van der Waals surface area contributed by atoms with E-state index in [-0.39, 0.29) is 26.2 Å². The Balaban J connectivity index is -0.000000307. The van der Waals surface area contributed by atoms with Crippen LogP contribution in [0, 0.1) is 31.6 Å². The molecule has 0 bridgehead atoms. The van der Waals surface area contributed by atoms with Crippen molar-refractivity contribution < 1.29 is 26.2 Å². The van der Waals surface area contributed by atoms with E-state index < -0.39 is 8.24 Å². The second kappa shape index (κ2) is 18.9. The molecular weight excluding hydrogens is 378 g/mol. The molecule has 1 aliphatic rings. The second-order valence-electron chi connectivity index (χ2n) is 5.62. The molecule has 0 aromatic rings. The zero-order chi connectivity index (χ0) is 17.4. The summed E-state index contributed by atoms with van der Waals surface area (Å²) in [4.78, 5) is 4.60. The Morgan fingerprint density at radius 3 is 1.43 bits per heavy atom. The average Bonchev–Trinajstić information content (AvgIpc) is 2.94. The third-order valence-corrected chi connectivity index (χ3v) is 3.30. The molecule has 0 N–H and O–H groups in total. The van der Waals surface area contributed by atoms with Crippen molar-refractivity contribution in [2.75, 3.05) is 26.2 Å². The molecule has 0 saturated heterocycles. The molecule has 1 saturated carbocycles. The van der Waals surface area contributed by atoms with Crippen LogP contribution >= 0.6 is 0 Å². The predicted molar refractivity (Wildman–Crippen MR) is 105 cm³/mol. The molecule has 5 radical (unpaired) electrons. The average molecular weight is 413 g/mol. The first-order chi connectivity index (χ1) is 10.3. The standard InChI is InChI=1S/C10H15NSi.2C4H10N.Zr/c1-9(11-12(2,3)4)10-7-5-6-8-10;2*1-3-5-4-2;/h5-8H,1H2,2-4H3;2*3-4H2,1-2H3;/q3*-1;+4. The third kappa shape index (κ3) is 22.6. The van der Waals surface area contributed by atoms with Crippen LogP contribution in [0.4, 0.5) is 0 Å². The van der Waals surface area contributed by atoms with Gasteiger partial charge in [0.05, 0.1) is 0 Å². The van der Waals surface area contributed by atoms with Gasteiger partial charge in [-0.25, -0.2) is 0 Å². The monoisotopic (exact) mass is 411 g/mol. The van der Waals surface area contributed by atoms with Crippen LogP contribution < -0.4 is 0 Å². The Labute approximate surface area is 167 Å². The van der Waals surface area contributed by atoms with Crippen molar-refractivity contribution in [2.45, 2.75) is 47.3 Å². The Morgan fingerprint density at radius 1 is 0.870 bits per heavy atom. The molecule has 1 aliphatic carbocycles. The zero-order valence-corrected chi connectivity index (χ0v) is 19.6. The Kier molecular flexibility index (Phi) is 23.3. The maximum Gasteiger partial charge on any atom is 4.00 e. The molecule has 5 heteroatoms. The minimum Gasteiger partial charge on any atom is -0.691 e. The van der Waals surface area contributed by atoms with Gasteiger partial charge >= 0.3 is 26.2 Å². The first-order valence-corrected chi connectivity index (χ1v) is 11.7. The van der Waals surface area contributed by atoms with Crippen LogP contribution in [-0.4, -0.2) is 34.4 Å². The summed E-state index contributed by atoms with van der Waals surface area (Å²) in [7, 11) is -1.35. The summed E-state index contributed by atoms with van der Waals surface area (Å²) in [6.45, 7) is 22.6. The molecule has 0 aliphatic heterocycles. The van der Waals surface area contributed by atoms with E-state index in [0.29, 0.717) is 0 Å². The van der Waals surface area contributed by atoms with Crippen LogP contribution in [-0.2, 0) is 26.2 Å². The van der Waals surface area contributed by atoms with Gasteiger partial charge in [0.1, 0.15) is 0 Å². The Morgan fingerprint density at radius 2 is 1.22 bits per heavy atom. The minimum absolute atomic E-state index is 0. The van der Waals surface area contributed by atoms with Crippen LogP contribution in [0.3, 0.4) is 0 Å². The van der Waals surface area contributed by atoms with Crippen molar-refractivity contribution in [2.24, 2.45) is 0 Å². The topological polar surface area (TPSA) is 42.3 Å². The van der Waals surface area contributed by atoms with Gasteiger partial charge in [0.15, 0.2) is 0 Å². The largest absolute Gasteiger partial charge is 4.00 e. The van der Waals surface area contributed by atoms with Gasteiger partial charge in [-0.1, -0.05) is 47.3 Å². The van der Waals surface area contributed by atoms with E-state index in [1.807, 2.05) is 53.4 Å². The van der Waals surface area contributed by atoms with Gasteiger partial charge in [-0.3, -0.25) is 0 Å². The molecule has 129 valence electrons. The van der Waals surface area contributed by atoms with Crippen LogP contribution in [0.1, 0.15) is 27.7 Å². The summed E-state index contributed by atoms with van der Waals surface area (Å²) in [5.41, 5.74) is 0.930. The van der Waals surface area contributed by atoms with Crippen molar-refractivity contribution in [1.29, 1.82) is 0 Å². The molecule has 0 unspecified atom stereocenters. The van der Waals surface area contributed by atoms with Crippen LogP contribution in [0.2, 0.25) is 19.6 Å². The minimum atomic E-state index is -1.35. The Hall–Kier alpha value is 0.560. The Bertz CT molecular complexity index is 239. The van der Waals surface area contributed by atoms with Gasteiger partial charge in [0.2, 0.25) is 0 Å². The molecule has 0 amide bonds. The van der Waals surface area contributed by atoms with E-state index in [1.165, 1.54) is 0 Å². The summed E-state index contributed by atoms with van der Waals surface area (Å²) >= 11 is 0.